The summed E-state index contributed by atoms with van der Waals surface area (Å²) in [6.45, 7) is 0. The Morgan fingerprint density at radius 2 is 1.40 bits per heavy atom. The summed E-state index contributed by atoms with van der Waals surface area (Å²) >= 11 is 0. The van der Waals surface area contributed by atoms with E-state index >= 15 is 0 Å². The smallest absolute Gasteiger partial charge is 0.163 e. The molecule has 0 aliphatic rings. The predicted octanol–water partition coefficient (Wildman–Crippen LogP) is 3.11. The zero-order chi connectivity index (χ0) is 14.2. The molecule has 100 valence electrons. The van der Waals surface area contributed by atoms with Gasteiger partial charge in [0.15, 0.2) is 0 Å². The second kappa shape index (κ2) is 4.52. The number of aromatic nitrogens is 4. The van der Waals surface area contributed by atoms with Crippen LogP contribution in [-0.4, -0.2) is 20.4 Å². The molecule has 3 aromatic rings. The van der Waals surface area contributed by atoms with Gasteiger partial charge in [-0.25, -0.2) is 0 Å². The topological polar surface area (TPSA) is 51.6 Å². The van der Waals surface area contributed by atoms with Crippen molar-refractivity contribution in [2.75, 3.05) is 0 Å². The summed E-state index contributed by atoms with van der Waals surface area (Å²) in [4.78, 5) is 0. The lowest BCUT2D eigenvalue weighted by Crippen LogP contribution is -2.13. The fourth-order valence-electron chi connectivity index (χ4n) is 1.79. The Balaban J connectivity index is 2.02. The zero-order valence-corrected chi connectivity index (χ0v) is 9.96. The fourth-order valence-corrected chi connectivity index (χ4v) is 1.79. The van der Waals surface area contributed by atoms with E-state index in [9.17, 15) is 13.2 Å². The minimum absolute atomic E-state index is 0.0590. The van der Waals surface area contributed by atoms with Crippen molar-refractivity contribution >= 4 is 10.8 Å². The molecule has 0 spiro atoms. The van der Waals surface area contributed by atoms with Gasteiger partial charge in [-0.1, -0.05) is 36.4 Å². The van der Waals surface area contributed by atoms with E-state index in [4.69, 9.17) is 0 Å². The van der Waals surface area contributed by atoms with Crippen LogP contribution in [0.3, 0.4) is 0 Å². The van der Waals surface area contributed by atoms with Gasteiger partial charge < -0.3 is 0 Å². The first-order valence-corrected chi connectivity index (χ1v) is 5.68. The third kappa shape index (κ3) is 2.29. The Labute approximate surface area is 111 Å². The lowest BCUT2D eigenvalue weighted by Gasteiger charge is -2.04. The van der Waals surface area contributed by atoms with E-state index in [1.807, 2.05) is 30.3 Å². The van der Waals surface area contributed by atoms with Gasteiger partial charge in [0.2, 0.25) is 5.82 Å². The molecule has 4 nitrogen and oxygen atoms in total. The number of hydrogen-bond donors (Lipinski definition) is 0. The molecule has 0 N–H and O–H groups in total. The van der Waals surface area contributed by atoms with E-state index in [1.165, 1.54) is 0 Å². The molecule has 2 aromatic carbocycles. The molecule has 20 heavy (non-hydrogen) atoms. The molecule has 1 aromatic heterocycles. The van der Waals surface area contributed by atoms with E-state index in [0.717, 1.165) is 10.8 Å². The van der Waals surface area contributed by atoms with Crippen LogP contribution in [0.2, 0.25) is 0 Å². The highest BCUT2D eigenvalue weighted by atomic mass is 19.4. The lowest BCUT2D eigenvalue weighted by atomic mass is 10.1. The molecule has 3 rings (SSSR count). The maximum Gasteiger partial charge on any atom is 0.455 e. The fraction of sp³-hybridized carbons (Fsp3) is 0.0769. The van der Waals surface area contributed by atoms with Gasteiger partial charge in [0, 0.05) is 5.56 Å². The monoisotopic (exact) mass is 276 g/mol. The van der Waals surface area contributed by atoms with E-state index in [1.54, 1.807) is 12.1 Å². The molecule has 0 unspecified atom stereocenters. The van der Waals surface area contributed by atoms with Crippen molar-refractivity contribution < 1.29 is 13.2 Å². The van der Waals surface area contributed by atoms with Crippen molar-refractivity contribution in [3.05, 3.63) is 48.3 Å². The van der Waals surface area contributed by atoms with Crippen LogP contribution in [-0.2, 0) is 6.18 Å². The van der Waals surface area contributed by atoms with Gasteiger partial charge in [-0.3, -0.25) is 0 Å². The van der Waals surface area contributed by atoms with E-state index in [-0.39, 0.29) is 5.82 Å². The molecule has 0 aliphatic heterocycles. The van der Waals surface area contributed by atoms with Crippen LogP contribution in [0, 0.1) is 0 Å². The summed E-state index contributed by atoms with van der Waals surface area (Å²) in [6.07, 6.45) is -4.64. The van der Waals surface area contributed by atoms with Crippen LogP contribution < -0.4 is 0 Å². The molecule has 0 atom stereocenters. The molecule has 1 heterocycles. The van der Waals surface area contributed by atoms with Gasteiger partial charge in [-0.2, -0.15) is 13.2 Å². The van der Waals surface area contributed by atoms with Crippen LogP contribution in [0.15, 0.2) is 42.5 Å². The first kappa shape index (κ1) is 12.5. The van der Waals surface area contributed by atoms with Crippen LogP contribution in [0.4, 0.5) is 13.2 Å². The highest BCUT2D eigenvalue weighted by molar-refractivity contribution is 5.86. The maximum absolute atomic E-state index is 12.3. The standard InChI is InChI=1S/C13H7F3N4/c14-13(15,16)12-19-17-11(18-20-12)10-6-5-8-3-1-2-4-9(8)7-10/h1-7H. The molecular weight excluding hydrogens is 269 g/mol. The molecule has 0 bridgehead atoms. The largest absolute Gasteiger partial charge is 0.455 e. The van der Waals surface area contributed by atoms with Crippen LogP contribution in [0.5, 0.6) is 0 Å². The highest BCUT2D eigenvalue weighted by Gasteiger charge is 2.35. The molecule has 0 aliphatic carbocycles. The molecule has 0 radical (unpaired) electrons. The van der Waals surface area contributed by atoms with Crippen molar-refractivity contribution in [1.82, 2.24) is 20.4 Å². The van der Waals surface area contributed by atoms with Gasteiger partial charge in [0.05, 0.1) is 0 Å². The van der Waals surface area contributed by atoms with Crippen LogP contribution >= 0.6 is 0 Å². The first-order chi connectivity index (χ1) is 9.54. The third-order valence-corrected chi connectivity index (χ3v) is 2.74. The molecule has 0 saturated carbocycles. The maximum atomic E-state index is 12.3. The van der Waals surface area contributed by atoms with E-state index in [0.29, 0.717) is 5.56 Å². The third-order valence-electron chi connectivity index (χ3n) is 2.74. The number of halogens is 3. The van der Waals surface area contributed by atoms with Crippen molar-refractivity contribution in [2.45, 2.75) is 6.18 Å². The van der Waals surface area contributed by atoms with Crippen molar-refractivity contribution in [2.24, 2.45) is 0 Å². The van der Waals surface area contributed by atoms with Crippen LogP contribution in [0.25, 0.3) is 22.2 Å². The summed E-state index contributed by atoms with van der Waals surface area (Å²) in [6, 6.07) is 12.9. The highest BCUT2D eigenvalue weighted by Crippen LogP contribution is 2.26. The average molecular weight is 276 g/mol. The number of fused-ring (bicyclic) bond motifs is 1. The van der Waals surface area contributed by atoms with E-state index in [2.05, 4.69) is 20.4 Å². The Kier molecular flexibility index (Phi) is 2.81. The minimum Gasteiger partial charge on any atom is -0.163 e. The molecule has 7 heteroatoms. The van der Waals surface area contributed by atoms with Crippen LogP contribution in [0.1, 0.15) is 5.82 Å². The van der Waals surface area contributed by atoms with Gasteiger partial charge in [-0.15, -0.1) is 20.4 Å². The summed E-state index contributed by atoms with van der Waals surface area (Å²) in [5.74, 6) is -1.29. The normalized spacial score (nSPS) is 11.8. The molecular formula is C13H7F3N4. The van der Waals surface area contributed by atoms with Crippen molar-refractivity contribution in [3.8, 4) is 11.4 Å². The van der Waals surface area contributed by atoms with Gasteiger partial charge in [0.25, 0.3) is 5.82 Å². The molecule has 0 amide bonds. The predicted molar refractivity (Wildman–Crippen MR) is 65.6 cm³/mol. The summed E-state index contributed by atoms with van der Waals surface area (Å²) in [5.41, 5.74) is 0.567. The lowest BCUT2D eigenvalue weighted by molar-refractivity contribution is -0.146. The number of nitrogens with zero attached hydrogens (tertiary/aromatic N) is 4. The summed E-state index contributed by atoms with van der Waals surface area (Å²) in [5, 5.41) is 15.0. The Morgan fingerprint density at radius 1 is 0.750 bits per heavy atom. The number of rotatable bonds is 1. The minimum atomic E-state index is -4.64. The average Bonchev–Trinajstić information content (AvgIpc) is 2.46. The Bertz CT molecular complexity index is 753. The quantitative estimate of drug-likeness (QED) is 0.685. The van der Waals surface area contributed by atoms with Gasteiger partial charge in [0.1, 0.15) is 0 Å². The second-order valence-electron chi connectivity index (χ2n) is 4.11. The number of benzene rings is 2. The van der Waals surface area contributed by atoms with Gasteiger partial charge in [-0.05, 0) is 16.8 Å². The molecule has 0 saturated heterocycles. The van der Waals surface area contributed by atoms with E-state index < -0.39 is 12.0 Å². The SMILES string of the molecule is FC(F)(F)c1nnc(-c2ccc3ccccc3c2)nn1. The molecule has 0 fully saturated rings. The Hall–Kier alpha value is -2.57. The van der Waals surface area contributed by atoms with Crippen molar-refractivity contribution in [3.63, 3.8) is 0 Å². The Morgan fingerprint density at radius 3 is 2.05 bits per heavy atom. The first-order valence-electron chi connectivity index (χ1n) is 5.68. The second-order valence-corrected chi connectivity index (χ2v) is 4.11. The summed E-state index contributed by atoms with van der Waals surface area (Å²) < 4.78 is 37.0. The van der Waals surface area contributed by atoms with Gasteiger partial charge >= 0.3 is 6.18 Å². The summed E-state index contributed by atoms with van der Waals surface area (Å²) in [7, 11) is 0. The number of hydrogen-bond acceptors (Lipinski definition) is 4. The number of alkyl halides is 3. The zero-order valence-electron chi connectivity index (χ0n) is 9.96. The van der Waals surface area contributed by atoms with Crippen molar-refractivity contribution in [1.29, 1.82) is 0 Å².